The number of nitrogens with zero attached hydrogens (tertiary/aromatic N) is 4. The van der Waals surface area contributed by atoms with Gasteiger partial charge in [-0.25, -0.2) is 0 Å². The van der Waals surface area contributed by atoms with Gasteiger partial charge in [-0.1, -0.05) is 25.5 Å². The number of aliphatic imine (C=N–C) groups is 1. The Kier molecular flexibility index (Phi) is 12.7. The van der Waals surface area contributed by atoms with Gasteiger partial charge in [0.05, 0.1) is 13.2 Å². The van der Waals surface area contributed by atoms with Crippen LogP contribution in [0.4, 0.5) is 0 Å². The Morgan fingerprint density at radius 3 is 2.22 bits per heavy atom. The second-order valence-electron chi connectivity index (χ2n) is 8.54. The van der Waals surface area contributed by atoms with Crippen molar-refractivity contribution < 1.29 is 4.74 Å². The molecule has 3 rings (SSSR count). The molecule has 1 aromatic carbocycles. The molecule has 32 heavy (non-hydrogen) atoms. The monoisotopic (exact) mass is 558 g/mol. The second kappa shape index (κ2) is 14.9. The number of piperazine rings is 1. The highest BCUT2D eigenvalue weighted by atomic mass is 127. The summed E-state index contributed by atoms with van der Waals surface area (Å²) in [6.45, 7) is 13.3. The average molecular weight is 559 g/mol. The van der Waals surface area contributed by atoms with Crippen molar-refractivity contribution in [3.8, 4) is 5.75 Å². The summed E-state index contributed by atoms with van der Waals surface area (Å²) in [5.74, 6) is 1.80. The molecular weight excluding hydrogens is 515 g/mol. The van der Waals surface area contributed by atoms with Crippen LogP contribution < -0.4 is 15.4 Å². The van der Waals surface area contributed by atoms with Crippen molar-refractivity contribution in [2.24, 2.45) is 4.99 Å². The molecule has 2 aliphatic rings. The van der Waals surface area contributed by atoms with Crippen LogP contribution in [0.15, 0.2) is 29.3 Å². The molecule has 0 aromatic heterocycles. The quantitative estimate of drug-likeness (QED) is 0.276. The standard InChI is InChI=1S/C24H42N6O.HI/c1-4-28-16-18-29(19-17-28)15-12-26-24(25-2)27-20-23(30-13-6-5-7-14-30)21-8-10-22(31-3)11-9-21;/h8-11,23H,4-7,12-20H2,1-3H3,(H2,25,26,27);1H. The smallest absolute Gasteiger partial charge is 0.191 e. The number of rotatable bonds is 9. The van der Waals surface area contributed by atoms with Gasteiger partial charge in [-0.15, -0.1) is 24.0 Å². The molecule has 2 fully saturated rings. The molecule has 0 spiro atoms. The van der Waals surface area contributed by atoms with Crippen LogP contribution in [0.5, 0.6) is 5.75 Å². The number of halogens is 1. The van der Waals surface area contributed by atoms with Crippen LogP contribution in [0.3, 0.4) is 0 Å². The maximum absolute atomic E-state index is 5.35. The SMILES string of the molecule is CCN1CCN(CCNC(=NC)NCC(c2ccc(OC)cc2)N2CCCCC2)CC1.I. The number of benzene rings is 1. The summed E-state index contributed by atoms with van der Waals surface area (Å²) >= 11 is 0. The number of hydrogen-bond acceptors (Lipinski definition) is 5. The number of methoxy groups -OCH3 is 1. The normalized spacial score (nSPS) is 19.8. The average Bonchev–Trinajstić information content (AvgIpc) is 2.84. The van der Waals surface area contributed by atoms with Gasteiger partial charge in [-0.2, -0.15) is 0 Å². The maximum Gasteiger partial charge on any atom is 0.191 e. The van der Waals surface area contributed by atoms with Crippen LogP contribution in [0.25, 0.3) is 0 Å². The second-order valence-corrected chi connectivity index (χ2v) is 8.54. The Morgan fingerprint density at radius 2 is 1.62 bits per heavy atom. The molecule has 1 atom stereocenters. The van der Waals surface area contributed by atoms with E-state index in [4.69, 9.17) is 4.74 Å². The lowest BCUT2D eigenvalue weighted by atomic mass is 10.0. The van der Waals surface area contributed by atoms with E-state index in [1.54, 1.807) is 7.11 Å². The van der Waals surface area contributed by atoms with Crippen LogP contribution >= 0.6 is 24.0 Å². The van der Waals surface area contributed by atoms with E-state index in [1.165, 1.54) is 37.9 Å². The van der Waals surface area contributed by atoms with Gasteiger partial charge in [0.15, 0.2) is 5.96 Å². The zero-order valence-corrected chi connectivity index (χ0v) is 22.5. The number of likely N-dealkylation sites (tertiary alicyclic amines) is 1. The molecule has 2 aliphatic heterocycles. The minimum atomic E-state index is 0. The summed E-state index contributed by atoms with van der Waals surface area (Å²) < 4.78 is 5.35. The fourth-order valence-electron chi connectivity index (χ4n) is 4.59. The van der Waals surface area contributed by atoms with Crippen LogP contribution in [0.1, 0.15) is 37.8 Å². The lowest BCUT2D eigenvalue weighted by Gasteiger charge is -2.35. The summed E-state index contributed by atoms with van der Waals surface area (Å²) in [7, 11) is 3.58. The lowest BCUT2D eigenvalue weighted by Crippen LogP contribution is -2.49. The molecule has 0 amide bonds. The van der Waals surface area contributed by atoms with E-state index >= 15 is 0 Å². The summed E-state index contributed by atoms with van der Waals surface area (Å²) in [6.07, 6.45) is 3.91. The van der Waals surface area contributed by atoms with Crippen molar-refractivity contribution in [2.45, 2.75) is 32.2 Å². The molecule has 1 aromatic rings. The summed E-state index contributed by atoms with van der Waals surface area (Å²) in [5.41, 5.74) is 1.33. The summed E-state index contributed by atoms with van der Waals surface area (Å²) in [4.78, 5) is 12.1. The Hall–Kier alpha value is -1.10. The van der Waals surface area contributed by atoms with Gasteiger partial charge in [-0.3, -0.25) is 14.8 Å². The van der Waals surface area contributed by atoms with Crippen molar-refractivity contribution >= 4 is 29.9 Å². The third-order valence-electron chi connectivity index (χ3n) is 6.65. The van der Waals surface area contributed by atoms with Gasteiger partial charge >= 0.3 is 0 Å². The predicted octanol–water partition coefficient (Wildman–Crippen LogP) is 2.64. The van der Waals surface area contributed by atoms with Crippen molar-refractivity contribution in [2.75, 3.05) is 79.6 Å². The van der Waals surface area contributed by atoms with E-state index in [-0.39, 0.29) is 24.0 Å². The van der Waals surface area contributed by atoms with Crippen LogP contribution in [-0.4, -0.2) is 100 Å². The number of guanidine groups is 1. The summed E-state index contributed by atoms with van der Waals surface area (Å²) in [5, 5.41) is 7.10. The van der Waals surface area contributed by atoms with Gasteiger partial charge in [0.2, 0.25) is 0 Å². The highest BCUT2D eigenvalue weighted by Gasteiger charge is 2.23. The molecule has 8 heteroatoms. The van der Waals surface area contributed by atoms with E-state index in [1.807, 2.05) is 7.05 Å². The van der Waals surface area contributed by atoms with E-state index < -0.39 is 0 Å². The molecule has 182 valence electrons. The van der Waals surface area contributed by atoms with Crippen LogP contribution in [0.2, 0.25) is 0 Å². The molecule has 2 N–H and O–H groups in total. The van der Waals surface area contributed by atoms with E-state index in [2.05, 4.69) is 61.5 Å². The fourth-order valence-corrected chi connectivity index (χ4v) is 4.59. The van der Waals surface area contributed by atoms with E-state index in [9.17, 15) is 0 Å². The third kappa shape index (κ3) is 8.35. The van der Waals surface area contributed by atoms with Crippen molar-refractivity contribution in [3.05, 3.63) is 29.8 Å². The number of nitrogens with one attached hydrogen (secondary N) is 2. The van der Waals surface area contributed by atoms with Crippen molar-refractivity contribution in [1.29, 1.82) is 0 Å². The van der Waals surface area contributed by atoms with Crippen LogP contribution in [0, 0.1) is 0 Å². The maximum atomic E-state index is 5.35. The first-order valence-electron chi connectivity index (χ1n) is 12.0. The Balaban J connectivity index is 0.00000363. The summed E-state index contributed by atoms with van der Waals surface area (Å²) in [6, 6.07) is 8.87. The Labute approximate surface area is 212 Å². The molecule has 1 unspecified atom stereocenters. The Bertz CT molecular complexity index is 657. The van der Waals surface area contributed by atoms with Crippen LogP contribution in [-0.2, 0) is 0 Å². The third-order valence-corrected chi connectivity index (χ3v) is 6.65. The molecule has 0 bridgehead atoms. The predicted molar refractivity (Wildman–Crippen MR) is 144 cm³/mol. The van der Waals surface area contributed by atoms with Gasteiger partial charge in [0, 0.05) is 52.9 Å². The van der Waals surface area contributed by atoms with E-state index in [0.29, 0.717) is 6.04 Å². The zero-order chi connectivity index (χ0) is 21.9. The van der Waals surface area contributed by atoms with Gasteiger partial charge in [0.25, 0.3) is 0 Å². The topological polar surface area (TPSA) is 55.4 Å². The highest BCUT2D eigenvalue weighted by Crippen LogP contribution is 2.25. The zero-order valence-electron chi connectivity index (χ0n) is 20.2. The van der Waals surface area contributed by atoms with Gasteiger partial charge in [0.1, 0.15) is 5.75 Å². The largest absolute Gasteiger partial charge is 0.497 e. The number of hydrogen-bond donors (Lipinski definition) is 2. The minimum Gasteiger partial charge on any atom is -0.497 e. The first-order valence-corrected chi connectivity index (χ1v) is 12.0. The molecule has 2 heterocycles. The molecule has 0 saturated carbocycles. The lowest BCUT2D eigenvalue weighted by molar-refractivity contribution is 0.139. The fraction of sp³-hybridized carbons (Fsp3) is 0.708. The number of likely N-dealkylation sites (N-methyl/N-ethyl adjacent to an activating group) is 1. The highest BCUT2D eigenvalue weighted by molar-refractivity contribution is 14.0. The van der Waals surface area contributed by atoms with E-state index in [0.717, 1.165) is 64.1 Å². The van der Waals surface area contributed by atoms with Gasteiger partial charge in [-0.05, 0) is 50.2 Å². The Morgan fingerprint density at radius 1 is 0.969 bits per heavy atom. The molecule has 0 radical (unpaired) electrons. The number of ether oxygens (including phenoxy) is 1. The molecular formula is C24H43IN6O. The molecule has 7 nitrogen and oxygen atoms in total. The first kappa shape index (κ1) is 27.1. The van der Waals surface area contributed by atoms with Crippen molar-refractivity contribution in [3.63, 3.8) is 0 Å². The van der Waals surface area contributed by atoms with Gasteiger partial charge < -0.3 is 20.3 Å². The molecule has 0 aliphatic carbocycles. The number of piperidine rings is 1. The van der Waals surface area contributed by atoms with Crippen molar-refractivity contribution in [1.82, 2.24) is 25.3 Å². The molecule has 2 saturated heterocycles. The minimum absolute atomic E-state index is 0. The first-order chi connectivity index (χ1) is 15.2.